The van der Waals surface area contributed by atoms with Gasteiger partial charge in [0.2, 0.25) is 5.96 Å². The van der Waals surface area contributed by atoms with Crippen LogP contribution >= 0.6 is 0 Å². The van der Waals surface area contributed by atoms with Crippen LogP contribution in [0.1, 0.15) is 25.8 Å². The summed E-state index contributed by atoms with van der Waals surface area (Å²) in [6, 6.07) is 5.90. The van der Waals surface area contributed by atoms with Crippen molar-refractivity contribution in [2.45, 2.75) is 26.3 Å². The van der Waals surface area contributed by atoms with Gasteiger partial charge in [0.25, 0.3) is 5.91 Å². The van der Waals surface area contributed by atoms with Gasteiger partial charge in [-0.1, -0.05) is 19.9 Å². The third kappa shape index (κ3) is 4.29. The number of methoxy groups -OCH3 is 1. The van der Waals surface area contributed by atoms with Gasteiger partial charge in [-0.05, 0) is 36.1 Å². The molecule has 2 heterocycles. The molecule has 0 bridgehead atoms. The van der Waals surface area contributed by atoms with Crippen molar-refractivity contribution in [3.8, 4) is 0 Å². The molecule has 2 N–H and O–H groups in total. The molecular formula is C19H25N5O2. The summed E-state index contributed by atoms with van der Waals surface area (Å²) in [5, 5.41) is 11.3. The Morgan fingerprint density at radius 3 is 2.88 bits per heavy atom. The van der Waals surface area contributed by atoms with E-state index in [1.165, 1.54) is 0 Å². The van der Waals surface area contributed by atoms with E-state index in [9.17, 15) is 4.79 Å². The molecule has 7 heteroatoms. The second-order valence-electron chi connectivity index (χ2n) is 6.97. The van der Waals surface area contributed by atoms with Crippen molar-refractivity contribution < 1.29 is 9.53 Å². The Bertz CT molecular complexity index is 866. The maximum Gasteiger partial charge on any atom is 0.274 e. The van der Waals surface area contributed by atoms with E-state index in [-0.39, 0.29) is 11.9 Å². The number of ether oxygens (including phenoxy) is 1. The van der Waals surface area contributed by atoms with Crippen molar-refractivity contribution in [2.75, 3.05) is 13.7 Å². The summed E-state index contributed by atoms with van der Waals surface area (Å²) >= 11 is 0. The van der Waals surface area contributed by atoms with Crippen molar-refractivity contribution in [2.24, 2.45) is 18.0 Å². The van der Waals surface area contributed by atoms with Gasteiger partial charge in [0.1, 0.15) is 5.70 Å². The zero-order valence-corrected chi connectivity index (χ0v) is 15.6. The van der Waals surface area contributed by atoms with Crippen LogP contribution in [-0.4, -0.2) is 41.4 Å². The number of nitrogens with one attached hydrogen (secondary N) is 2. The van der Waals surface area contributed by atoms with Gasteiger partial charge in [-0.3, -0.25) is 14.8 Å². The summed E-state index contributed by atoms with van der Waals surface area (Å²) in [6.45, 7) is 4.81. The number of rotatable bonds is 6. The van der Waals surface area contributed by atoms with Crippen LogP contribution in [0.5, 0.6) is 0 Å². The standard InChI is InChI=1S/C19H25N5O2/c1-12(2)7-15(11-26-4)20-19-21-17(18(25)22-19)9-13-5-6-16-14(8-13)10-24(3)23-16/h5-6,8-10,12,15H,7,11H2,1-4H3,(H2,20,21,22,25)/b17-9-/t15-/m1/s1. The molecular weight excluding hydrogens is 330 g/mol. The summed E-state index contributed by atoms with van der Waals surface area (Å²) in [6.07, 6.45) is 4.66. The van der Waals surface area contributed by atoms with Crippen LogP contribution in [0.4, 0.5) is 0 Å². The number of hydrogen-bond acceptors (Lipinski definition) is 4. The number of amides is 1. The summed E-state index contributed by atoms with van der Waals surface area (Å²) in [7, 11) is 3.55. The van der Waals surface area contributed by atoms with E-state index in [2.05, 4.69) is 34.6 Å². The summed E-state index contributed by atoms with van der Waals surface area (Å²) in [4.78, 5) is 16.8. The molecule has 1 saturated heterocycles. The second kappa shape index (κ2) is 7.70. The monoisotopic (exact) mass is 355 g/mol. The molecule has 0 saturated carbocycles. The number of carbonyl (C=O) groups is 1. The molecule has 1 aromatic heterocycles. The van der Waals surface area contributed by atoms with Crippen LogP contribution in [0.2, 0.25) is 0 Å². The van der Waals surface area contributed by atoms with Gasteiger partial charge >= 0.3 is 0 Å². The van der Waals surface area contributed by atoms with Crippen molar-refractivity contribution in [1.29, 1.82) is 0 Å². The minimum absolute atomic E-state index is 0.00823. The zero-order valence-electron chi connectivity index (χ0n) is 15.6. The van der Waals surface area contributed by atoms with Gasteiger partial charge in [-0.2, -0.15) is 5.10 Å². The first kappa shape index (κ1) is 18.1. The third-order valence-corrected chi connectivity index (χ3v) is 4.10. The van der Waals surface area contributed by atoms with Crippen LogP contribution < -0.4 is 10.6 Å². The third-order valence-electron chi connectivity index (χ3n) is 4.10. The van der Waals surface area contributed by atoms with Gasteiger partial charge in [-0.25, -0.2) is 4.99 Å². The number of benzene rings is 1. The normalized spacial score (nSPS) is 18.7. The Balaban J connectivity index is 1.79. The number of aliphatic imine (C=N–C) groups is 1. The first-order valence-electron chi connectivity index (χ1n) is 8.75. The molecule has 0 spiro atoms. The Morgan fingerprint density at radius 1 is 1.35 bits per heavy atom. The van der Waals surface area contributed by atoms with Gasteiger partial charge in [0.15, 0.2) is 0 Å². The topological polar surface area (TPSA) is 80.5 Å². The van der Waals surface area contributed by atoms with Crippen LogP contribution in [-0.2, 0) is 16.6 Å². The van der Waals surface area contributed by atoms with E-state index in [1.807, 2.05) is 37.5 Å². The number of fused-ring (bicyclic) bond motifs is 1. The molecule has 1 aliphatic heterocycles. The van der Waals surface area contributed by atoms with Crippen LogP contribution in [0.15, 0.2) is 35.1 Å². The highest BCUT2D eigenvalue weighted by atomic mass is 16.5. The lowest BCUT2D eigenvalue weighted by atomic mass is 10.1. The molecule has 1 aliphatic rings. The Morgan fingerprint density at radius 2 is 2.15 bits per heavy atom. The summed E-state index contributed by atoms with van der Waals surface area (Å²) in [5.74, 6) is 0.792. The van der Waals surface area contributed by atoms with Crippen LogP contribution in [0.25, 0.3) is 17.0 Å². The molecule has 1 amide bonds. The van der Waals surface area contributed by atoms with Gasteiger partial charge in [-0.15, -0.1) is 0 Å². The predicted octanol–water partition coefficient (Wildman–Crippen LogP) is 2.05. The van der Waals surface area contributed by atoms with E-state index in [0.717, 1.165) is 22.9 Å². The average molecular weight is 355 g/mol. The lowest BCUT2D eigenvalue weighted by molar-refractivity contribution is -0.115. The minimum Gasteiger partial charge on any atom is -0.382 e. The predicted molar refractivity (Wildman–Crippen MR) is 103 cm³/mol. The first-order valence-corrected chi connectivity index (χ1v) is 8.75. The van der Waals surface area contributed by atoms with Crippen LogP contribution in [0, 0.1) is 5.92 Å². The van der Waals surface area contributed by atoms with E-state index >= 15 is 0 Å². The van der Waals surface area contributed by atoms with Crippen LogP contribution in [0.3, 0.4) is 0 Å². The first-order chi connectivity index (χ1) is 12.4. The van der Waals surface area contributed by atoms with Crippen molar-refractivity contribution >= 4 is 28.8 Å². The Hall–Kier alpha value is -2.67. The molecule has 1 atom stereocenters. The molecule has 7 nitrogen and oxygen atoms in total. The van der Waals surface area contributed by atoms with Gasteiger partial charge in [0.05, 0.1) is 18.2 Å². The van der Waals surface area contributed by atoms with E-state index in [0.29, 0.717) is 24.2 Å². The number of carbonyl (C=O) groups excluding carboxylic acids is 1. The summed E-state index contributed by atoms with van der Waals surface area (Å²) in [5.41, 5.74) is 2.34. The molecule has 0 unspecified atom stereocenters. The lowest BCUT2D eigenvalue weighted by Gasteiger charge is -2.14. The van der Waals surface area contributed by atoms with E-state index in [4.69, 9.17) is 4.74 Å². The molecule has 26 heavy (non-hydrogen) atoms. The summed E-state index contributed by atoms with van der Waals surface area (Å²) < 4.78 is 7.01. The Labute approximate surface area is 153 Å². The zero-order chi connectivity index (χ0) is 18.7. The van der Waals surface area contributed by atoms with Gasteiger partial charge in [0, 0.05) is 25.7 Å². The minimum atomic E-state index is -0.184. The molecule has 1 aromatic carbocycles. The highest BCUT2D eigenvalue weighted by Gasteiger charge is 2.23. The molecule has 2 aromatic rings. The average Bonchev–Trinajstić information content (AvgIpc) is 3.08. The number of hydrogen-bond donors (Lipinski definition) is 2. The smallest absolute Gasteiger partial charge is 0.274 e. The highest BCUT2D eigenvalue weighted by molar-refractivity contribution is 6.15. The molecule has 138 valence electrons. The molecule has 1 fully saturated rings. The molecule has 0 aliphatic carbocycles. The maximum atomic E-state index is 12.2. The number of aryl methyl sites for hydroxylation is 1. The highest BCUT2D eigenvalue weighted by Crippen LogP contribution is 2.17. The molecule has 0 radical (unpaired) electrons. The fraction of sp³-hybridized carbons (Fsp3) is 0.421. The quantitative estimate of drug-likeness (QED) is 0.777. The van der Waals surface area contributed by atoms with Crippen molar-refractivity contribution in [1.82, 2.24) is 20.4 Å². The van der Waals surface area contributed by atoms with E-state index < -0.39 is 0 Å². The SMILES string of the molecule is COC[C@@H](CC(C)C)N=C1NC(=O)/C(=C/c2ccc3nn(C)cc3c2)N1. The largest absolute Gasteiger partial charge is 0.382 e. The second-order valence-corrected chi connectivity index (χ2v) is 6.97. The number of guanidine groups is 1. The van der Waals surface area contributed by atoms with E-state index in [1.54, 1.807) is 11.8 Å². The number of nitrogens with zero attached hydrogens (tertiary/aromatic N) is 3. The van der Waals surface area contributed by atoms with Crippen molar-refractivity contribution in [3.05, 3.63) is 35.7 Å². The maximum absolute atomic E-state index is 12.2. The number of aromatic nitrogens is 2. The fourth-order valence-corrected chi connectivity index (χ4v) is 3.06. The lowest BCUT2D eigenvalue weighted by Crippen LogP contribution is -2.29. The fourth-order valence-electron chi connectivity index (χ4n) is 3.06. The van der Waals surface area contributed by atoms with Crippen molar-refractivity contribution in [3.63, 3.8) is 0 Å². The Kier molecular flexibility index (Phi) is 5.37. The van der Waals surface area contributed by atoms with Gasteiger partial charge < -0.3 is 10.1 Å². The molecule has 3 rings (SSSR count).